The van der Waals surface area contributed by atoms with Gasteiger partial charge < -0.3 is 9.73 Å². The molecule has 11 heteroatoms. The van der Waals surface area contributed by atoms with Gasteiger partial charge in [-0.1, -0.05) is 34.8 Å². The molecular formula is C21H10Cl3F3N2O2S. The summed E-state index contributed by atoms with van der Waals surface area (Å²) >= 11 is 18.9. The Bertz CT molecular complexity index is 1290. The molecule has 4 rings (SSSR count). The number of benzene rings is 2. The Labute approximate surface area is 199 Å². The first kappa shape index (κ1) is 22.8. The molecule has 1 fully saturated rings. The van der Waals surface area contributed by atoms with Crippen molar-refractivity contribution in [2.24, 2.45) is 4.99 Å². The summed E-state index contributed by atoms with van der Waals surface area (Å²) < 4.78 is 44.6. The highest BCUT2D eigenvalue weighted by atomic mass is 35.5. The Kier molecular flexibility index (Phi) is 6.31. The fourth-order valence-corrected chi connectivity index (χ4v) is 4.00. The minimum atomic E-state index is -4.54. The number of carbonyl (C=O) groups excluding carboxylic acids is 1. The molecule has 2 heterocycles. The van der Waals surface area contributed by atoms with E-state index in [9.17, 15) is 18.0 Å². The molecule has 4 nitrogen and oxygen atoms in total. The van der Waals surface area contributed by atoms with Gasteiger partial charge in [-0.3, -0.25) is 4.79 Å². The highest BCUT2D eigenvalue weighted by Gasteiger charge is 2.31. The van der Waals surface area contributed by atoms with Gasteiger partial charge in [-0.25, -0.2) is 4.99 Å². The summed E-state index contributed by atoms with van der Waals surface area (Å²) in [6.07, 6.45) is -3.04. The highest BCUT2D eigenvalue weighted by molar-refractivity contribution is 8.18. The van der Waals surface area contributed by atoms with Crippen LogP contribution in [0.1, 0.15) is 11.3 Å². The standard InChI is InChI=1S/C21H10Cl3F3N2O2S/c22-13-4-1-10(7-15(13)24)17-6-3-12(31-17)9-18-19(30)29-20(32-18)28-16-8-11(21(25,26)27)2-5-14(16)23/h1-9H,(H,28,29,30). The van der Waals surface area contributed by atoms with Crippen molar-refractivity contribution >= 4 is 69.4 Å². The van der Waals surface area contributed by atoms with Crippen molar-refractivity contribution in [1.29, 1.82) is 0 Å². The van der Waals surface area contributed by atoms with Gasteiger partial charge in [0.05, 0.1) is 31.2 Å². The summed E-state index contributed by atoms with van der Waals surface area (Å²) in [5.74, 6) is 0.440. The molecule has 1 N–H and O–H groups in total. The Hall–Kier alpha value is -2.39. The van der Waals surface area contributed by atoms with Crippen LogP contribution in [0, 0.1) is 0 Å². The third-order valence-electron chi connectivity index (χ3n) is 4.25. The van der Waals surface area contributed by atoms with Crippen molar-refractivity contribution in [3.8, 4) is 11.3 Å². The number of carbonyl (C=O) groups is 1. The molecule has 1 saturated heterocycles. The topological polar surface area (TPSA) is 54.6 Å². The van der Waals surface area contributed by atoms with E-state index in [0.29, 0.717) is 27.1 Å². The summed E-state index contributed by atoms with van der Waals surface area (Å²) in [7, 11) is 0. The van der Waals surface area contributed by atoms with Crippen LogP contribution in [0.3, 0.4) is 0 Å². The first-order chi connectivity index (χ1) is 15.1. The Morgan fingerprint density at radius 3 is 2.44 bits per heavy atom. The van der Waals surface area contributed by atoms with Crippen LogP contribution in [0.15, 0.2) is 62.8 Å². The lowest BCUT2D eigenvalue weighted by atomic mass is 10.2. The lowest BCUT2D eigenvalue weighted by molar-refractivity contribution is -0.137. The molecule has 0 radical (unpaired) electrons. The van der Waals surface area contributed by atoms with Gasteiger partial charge in [0.25, 0.3) is 5.91 Å². The first-order valence-corrected chi connectivity index (χ1v) is 10.8. The number of amidine groups is 1. The van der Waals surface area contributed by atoms with E-state index < -0.39 is 17.6 Å². The second-order valence-electron chi connectivity index (χ2n) is 6.48. The smallest absolute Gasteiger partial charge is 0.416 e. The van der Waals surface area contributed by atoms with Gasteiger partial charge in [0, 0.05) is 11.6 Å². The molecule has 164 valence electrons. The molecule has 1 amide bonds. The Morgan fingerprint density at radius 1 is 0.969 bits per heavy atom. The zero-order chi connectivity index (χ0) is 23.0. The van der Waals surface area contributed by atoms with E-state index in [1.54, 1.807) is 30.3 Å². The molecule has 3 aromatic rings. The summed E-state index contributed by atoms with van der Waals surface area (Å²) in [5.41, 5.74) is -0.295. The van der Waals surface area contributed by atoms with Crippen molar-refractivity contribution in [2.45, 2.75) is 6.18 Å². The number of nitrogens with zero attached hydrogens (tertiary/aromatic N) is 1. The molecule has 0 unspecified atom stereocenters. The Morgan fingerprint density at radius 2 is 1.72 bits per heavy atom. The van der Waals surface area contributed by atoms with E-state index in [0.717, 1.165) is 30.0 Å². The maximum Gasteiger partial charge on any atom is 0.416 e. The average molecular weight is 518 g/mol. The first-order valence-electron chi connectivity index (χ1n) is 8.82. The second kappa shape index (κ2) is 8.86. The number of hydrogen-bond acceptors (Lipinski definition) is 4. The number of thioether (sulfide) groups is 1. The molecule has 1 aliphatic heterocycles. The van der Waals surface area contributed by atoms with Crippen LogP contribution in [-0.4, -0.2) is 11.1 Å². The van der Waals surface area contributed by atoms with Gasteiger partial charge in [0.15, 0.2) is 5.17 Å². The third-order valence-corrected chi connectivity index (χ3v) is 6.22. The van der Waals surface area contributed by atoms with Gasteiger partial charge in [-0.05, 0) is 60.3 Å². The largest absolute Gasteiger partial charge is 0.457 e. The molecule has 0 spiro atoms. The molecular weight excluding hydrogens is 508 g/mol. The van der Waals surface area contributed by atoms with Crippen molar-refractivity contribution in [1.82, 2.24) is 5.32 Å². The molecule has 0 aliphatic carbocycles. The maximum atomic E-state index is 12.9. The zero-order valence-electron chi connectivity index (χ0n) is 15.6. The van der Waals surface area contributed by atoms with Crippen LogP contribution in [0.25, 0.3) is 17.4 Å². The van der Waals surface area contributed by atoms with Crippen molar-refractivity contribution in [3.05, 3.63) is 79.8 Å². The van der Waals surface area contributed by atoms with Crippen LogP contribution in [0.2, 0.25) is 15.1 Å². The quantitative estimate of drug-likeness (QED) is 0.360. The van der Waals surface area contributed by atoms with Crippen molar-refractivity contribution < 1.29 is 22.4 Å². The lowest BCUT2D eigenvalue weighted by Gasteiger charge is -2.08. The maximum absolute atomic E-state index is 12.9. The van der Waals surface area contributed by atoms with E-state index in [2.05, 4.69) is 10.3 Å². The molecule has 0 atom stereocenters. The van der Waals surface area contributed by atoms with Gasteiger partial charge in [-0.2, -0.15) is 13.2 Å². The average Bonchev–Trinajstić information content (AvgIpc) is 3.32. The summed E-state index contributed by atoms with van der Waals surface area (Å²) in [5, 5.41) is 3.41. The fourth-order valence-electron chi connectivity index (χ4n) is 2.73. The Balaban J connectivity index is 1.57. The van der Waals surface area contributed by atoms with E-state index >= 15 is 0 Å². The van der Waals surface area contributed by atoms with E-state index in [1.165, 1.54) is 6.08 Å². The van der Waals surface area contributed by atoms with Crippen LogP contribution in [0.5, 0.6) is 0 Å². The van der Waals surface area contributed by atoms with Crippen molar-refractivity contribution in [3.63, 3.8) is 0 Å². The number of hydrogen-bond donors (Lipinski definition) is 1. The highest BCUT2D eigenvalue weighted by Crippen LogP contribution is 2.37. The fraction of sp³-hybridized carbons (Fsp3) is 0.0476. The minimum Gasteiger partial charge on any atom is -0.457 e. The monoisotopic (exact) mass is 516 g/mol. The third kappa shape index (κ3) is 4.99. The van der Waals surface area contributed by atoms with Crippen LogP contribution in [-0.2, 0) is 11.0 Å². The molecule has 32 heavy (non-hydrogen) atoms. The number of alkyl halides is 3. The summed E-state index contributed by atoms with van der Waals surface area (Å²) in [4.78, 5) is 16.6. The predicted octanol–water partition coefficient (Wildman–Crippen LogP) is 7.82. The van der Waals surface area contributed by atoms with Crippen molar-refractivity contribution in [2.75, 3.05) is 0 Å². The van der Waals surface area contributed by atoms with Gasteiger partial charge in [0.2, 0.25) is 0 Å². The molecule has 1 aromatic heterocycles. The minimum absolute atomic E-state index is 0.0232. The zero-order valence-corrected chi connectivity index (χ0v) is 18.7. The van der Waals surface area contributed by atoms with Gasteiger partial charge in [0.1, 0.15) is 11.5 Å². The molecule has 2 aromatic carbocycles. The number of rotatable bonds is 3. The molecule has 0 bridgehead atoms. The van der Waals surface area contributed by atoms with Gasteiger partial charge >= 0.3 is 6.18 Å². The van der Waals surface area contributed by atoms with Crippen LogP contribution < -0.4 is 5.32 Å². The SMILES string of the molecule is O=C1NC(=Nc2cc(C(F)(F)F)ccc2Cl)SC1=Cc1ccc(-c2ccc(Cl)c(Cl)c2)o1. The number of amides is 1. The molecule has 1 aliphatic rings. The van der Waals surface area contributed by atoms with E-state index in [4.69, 9.17) is 39.2 Å². The molecule has 0 saturated carbocycles. The van der Waals surface area contributed by atoms with E-state index in [1.807, 2.05) is 0 Å². The number of halogens is 6. The van der Waals surface area contributed by atoms with E-state index in [-0.39, 0.29) is 20.8 Å². The second-order valence-corrected chi connectivity index (χ2v) is 8.73. The van der Waals surface area contributed by atoms with Crippen LogP contribution >= 0.6 is 46.6 Å². The summed E-state index contributed by atoms with van der Waals surface area (Å²) in [6.45, 7) is 0. The lowest BCUT2D eigenvalue weighted by Crippen LogP contribution is -2.19. The summed E-state index contributed by atoms with van der Waals surface area (Å²) in [6, 6.07) is 11.2. The number of furan rings is 1. The predicted molar refractivity (Wildman–Crippen MR) is 121 cm³/mol. The normalized spacial score (nSPS) is 16.8. The van der Waals surface area contributed by atoms with Gasteiger partial charge in [-0.15, -0.1) is 0 Å². The van der Waals surface area contributed by atoms with Crippen LogP contribution in [0.4, 0.5) is 18.9 Å². The number of nitrogens with one attached hydrogen (secondary N) is 1. The number of aliphatic imine (C=N–C) groups is 1.